The molecule has 0 heterocycles. The van der Waals surface area contributed by atoms with E-state index in [0.29, 0.717) is 5.88 Å². The smallest absolute Gasteiger partial charge is 0.390 e. The molecule has 0 aromatic carbocycles. The Morgan fingerprint density at radius 3 is 2.25 bits per heavy atom. The summed E-state index contributed by atoms with van der Waals surface area (Å²) < 4.78 is 0. The van der Waals surface area contributed by atoms with Crippen LogP contribution in [-0.4, -0.2) is 29.1 Å². The fourth-order valence-corrected chi connectivity index (χ4v) is 2.48. The number of unbranched alkanes of at least 4 members (excludes halogenated alkanes) is 1. The Balaban J connectivity index is 3.40. The number of hydrogen-bond acceptors (Lipinski definition) is 3. The molecule has 74 valence electrons. The number of rotatable bonds is 6. The average molecular weight is 213 g/mol. The van der Waals surface area contributed by atoms with E-state index in [1.807, 2.05) is 6.92 Å². The Hall–Kier alpha value is 0.387. The zero-order valence-corrected chi connectivity index (χ0v) is 9.09. The lowest BCUT2D eigenvalue weighted by Gasteiger charge is -2.15. The van der Waals surface area contributed by atoms with Gasteiger partial charge in [0.05, 0.1) is 0 Å². The molecule has 0 radical (unpaired) electrons. The Morgan fingerprint density at radius 2 is 1.83 bits per heavy atom. The molecule has 0 aliphatic carbocycles. The number of alkyl halides is 1. The van der Waals surface area contributed by atoms with Gasteiger partial charge in [0.2, 0.25) is 0 Å². The van der Waals surface area contributed by atoms with Gasteiger partial charge >= 0.3 is 8.80 Å². The van der Waals surface area contributed by atoms with Crippen molar-refractivity contribution in [2.45, 2.75) is 32.2 Å². The van der Waals surface area contributed by atoms with Crippen molar-refractivity contribution in [3.63, 3.8) is 0 Å². The van der Waals surface area contributed by atoms with Crippen LogP contribution in [-0.2, 0) is 0 Å². The highest BCUT2D eigenvalue weighted by Gasteiger charge is 2.28. The van der Waals surface area contributed by atoms with Crippen LogP contribution in [0.2, 0.25) is 6.04 Å². The molecule has 0 rings (SSSR count). The lowest BCUT2D eigenvalue weighted by molar-refractivity contribution is 0.218. The van der Waals surface area contributed by atoms with Gasteiger partial charge in [-0.2, -0.15) is 0 Å². The molecule has 0 fully saturated rings. The second-order valence-electron chi connectivity index (χ2n) is 3.27. The van der Waals surface area contributed by atoms with Crippen molar-refractivity contribution < 1.29 is 14.4 Å². The summed E-state index contributed by atoms with van der Waals surface area (Å²) in [6, 6.07) is 0.134. The first kappa shape index (κ1) is 12.4. The van der Waals surface area contributed by atoms with Gasteiger partial charge in [0, 0.05) is 11.9 Å². The molecule has 3 N–H and O–H groups in total. The van der Waals surface area contributed by atoms with Gasteiger partial charge in [0.25, 0.3) is 0 Å². The first-order valence-electron chi connectivity index (χ1n) is 4.19. The molecular formula is C7H17ClO3Si. The Morgan fingerprint density at radius 1 is 1.25 bits per heavy atom. The zero-order valence-electron chi connectivity index (χ0n) is 7.33. The molecule has 0 amide bonds. The summed E-state index contributed by atoms with van der Waals surface area (Å²) in [4.78, 5) is 26.3. The highest BCUT2D eigenvalue weighted by Crippen LogP contribution is 2.16. The van der Waals surface area contributed by atoms with Crippen LogP contribution in [0.15, 0.2) is 0 Å². The Labute approximate surface area is 79.4 Å². The van der Waals surface area contributed by atoms with E-state index >= 15 is 0 Å². The standard InChI is InChI=1S/C7H17ClO3Si/c1-7(4-2-3-5-8)6-12(9,10)11/h7,9-11H,2-6H2,1H3. The molecule has 0 bridgehead atoms. The van der Waals surface area contributed by atoms with Crippen LogP contribution < -0.4 is 0 Å². The van der Waals surface area contributed by atoms with E-state index in [-0.39, 0.29) is 12.0 Å². The third-order valence-electron chi connectivity index (χ3n) is 1.70. The topological polar surface area (TPSA) is 60.7 Å². The molecule has 0 spiro atoms. The fourth-order valence-electron chi connectivity index (χ4n) is 1.16. The van der Waals surface area contributed by atoms with E-state index in [4.69, 9.17) is 26.0 Å². The highest BCUT2D eigenvalue weighted by molar-refractivity contribution is 6.56. The molecular weight excluding hydrogens is 196 g/mol. The van der Waals surface area contributed by atoms with Gasteiger partial charge in [-0.05, 0) is 12.3 Å². The van der Waals surface area contributed by atoms with Crippen molar-refractivity contribution in [2.75, 3.05) is 5.88 Å². The second kappa shape index (κ2) is 5.94. The molecule has 0 aliphatic rings. The second-order valence-corrected chi connectivity index (χ2v) is 5.60. The summed E-state index contributed by atoms with van der Waals surface area (Å²) >= 11 is 5.48. The largest absolute Gasteiger partial charge is 0.493 e. The molecule has 0 saturated heterocycles. The van der Waals surface area contributed by atoms with Crippen LogP contribution in [0.25, 0.3) is 0 Å². The molecule has 0 aliphatic heterocycles. The van der Waals surface area contributed by atoms with Crippen LogP contribution >= 0.6 is 11.6 Å². The monoisotopic (exact) mass is 212 g/mol. The molecule has 0 aromatic rings. The minimum absolute atomic E-state index is 0.134. The molecule has 1 unspecified atom stereocenters. The Bertz CT molecular complexity index is 116. The summed E-state index contributed by atoms with van der Waals surface area (Å²) in [6.07, 6.45) is 2.82. The molecule has 0 aromatic heterocycles. The third-order valence-corrected chi connectivity index (χ3v) is 3.21. The van der Waals surface area contributed by atoms with Crippen molar-refractivity contribution in [2.24, 2.45) is 5.92 Å². The fraction of sp³-hybridized carbons (Fsp3) is 1.00. The SMILES string of the molecule is CC(CCCCCl)C[Si](O)(O)O. The minimum atomic E-state index is -3.81. The van der Waals surface area contributed by atoms with Gasteiger partial charge in [-0.3, -0.25) is 0 Å². The predicted molar refractivity (Wildman–Crippen MR) is 51.0 cm³/mol. The molecule has 5 heteroatoms. The van der Waals surface area contributed by atoms with Crippen LogP contribution in [0.1, 0.15) is 26.2 Å². The van der Waals surface area contributed by atoms with E-state index in [9.17, 15) is 0 Å². The number of hydrogen-bond donors (Lipinski definition) is 3. The highest BCUT2D eigenvalue weighted by atomic mass is 35.5. The molecule has 3 nitrogen and oxygen atoms in total. The maximum Gasteiger partial charge on any atom is 0.493 e. The first-order valence-corrected chi connectivity index (χ1v) is 6.77. The summed E-state index contributed by atoms with van der Waals surface area (Å²) in [5, 5.41) is 0. The van der Waals surface area contributed by atoms with E-state index in [2.05, 4.69) is 0 Å². The average Bonchev–Trinajstić information content (AvgIpc) is 1.84. The summed E-state index contributed by atoms with van der Waals surface area (Å²) in [6.45, 7) is 1.90. The first-order chi connectivity index (χ1) is 5.45. The van der Waals surface area contributed by atoms with Crippen LogP contribution in [0.3, 0.4) is 0 Å². The van der Waals surface area contributed by atoms with E-state index in [1.54, 1.807) is 0 Å². The summed E-state index contributed by atoms with van der Waals surface area (Å²) in [5.74, 6) is 0.812. The van der Waals surface area contributed by atoms with Gasteiger partial charge in [-0.15, -0.1) is 11.6 Å². The van der Waals surface area contributed by atoms with Crippen molar-refractivity contribution in [1.29, 1.82) is 0 Å². The van der Waals surface area contributed by atoms with E-state index < -0.39 is 8.80 Å². The van der Waals surface area contributed by atoms with Crippen LogP contribution in [0, 0.1) is 5.92 Å². The normalized spacial score (nSPS) is 14.8. The minimum Gasteiger partial charge on any atom is -0.390 e. The van der Waals surface area contributed by atoms with E-state index in [1.165, 1.54) is 0 Å². The third kappa shape index (κ3) is 8.48. The van der Waals surface area contributed by atoms with Crippen molar-refractivity contribution in [3.8, 4) is 0 Å². The number of halogens is 1. The zero-order chi connectivity index (χ0) is 9.61. The lowest BCUT2D eigenvalue weighted by atomic mass is 10.1. The van der Waals surface area contributed by atoms with Crippen molar-refractivity contribution in [1.82, 2.24) is 0 Å². The van der Waals surface area contributed by atoms with Crippen LogP contribution in [0.5, 0.6) is 0 Å². The van der Waals surface area contributed by atoms with Gasteiger partial charge in [0.15, 0.2) is 0 Å². The quantitative estimate of drug-likeness (QED) is 0.349. The predicted octanol–water partition coefficient (Wildman–Crippen LogP) is 0.947. The van der Waals surface area contributed by atoms with Gasteiger partial charge in [-0.1, -0.05) is 19.8 Å². The lowest BCUT2D eigenvalue weighted by Crippen LogP contribution is -2.36. The summed E-state index contributed by atoms with van der Waals surface area (Å²) in [7, 11) is -3.81. The molecule has 0 saturated carbocycles. The van der Waals surface area contributed by atoms with Crippen molar-refractivity contribution >= 4 is 20.4 Å². The maximum atomic E-state index is 8.77. The van der Waals surface area contributed by atoms with E-state index in [0.717, 1.165) is 19.3 Å². The van der Waals surface area contributed by atoms with Gasteiger partial charge in [-0.25, -0.2) is 0 Å². The van der Waals surface area contributed by atoms with Gasteiger partial charge < -0.3 is 14.4 Å². The van der Waals surface area contributed by atoms with Crippen LogP contribution in [0.4, 0.5) is 0 Å². The van der Waals surface area contributed by atoms with Gasteiger partial charge in [0.1, 0.15) is 0 Å². The van der Waals surface area contributed by atoms with Crippen molar-refractivity contribution in [3.05, 3.63) is 0 Å². The molecule has 1 atom stereocenters. The Kier molecular flexibility index (Phi) is 6.13. The maximum absolute atomic E-state index is 8.77. The summed E-state index contributed by atoms with van der Waals surface area (Å²) in [5.41, 5.74) is 0. The molecule has 12 heavy (non-hydrogen) atoms.